The molecule has 0 saturated carbocycles. The summed E-state index contributed by atoms with van der Waals surface area (Å²) < 4.78 is 6.07. The molecular formula is C24H26N4O2. The van der Waals surface area contributed by atoms with E-state index in [-0.39, 0.29) is 0 Å². The Morgan fingerprint density at radius 1 is 0.900 bits per heavy atom. The maximum absolute atomic E-state index is 9.86. The highest BCUT2D eigenvalue weighted by molar-refractivity contribution is 6.00. The highest BCUT2D eigenvalue weighted by Crippen LogP contribution is 2.26. The van der Waals surface area contributed by atoms with Gasteiger partial charge in [-0.15, -0.1) is 0 Å². The van der Waals surface area contributed by atoms with E-state index >= 15 is 0 Å². The lowest BCUT2D eigenvalue weighted by molar-refractivity contribution is 0.295. The number of hydrogen-bond donors (Lipinski definition) is 1. The molecule has 0 aliphatic carbocycles. The molecule has 0 spiro atoms. The van der Waals surface area contributed by atoms with Gasteiger partial charge in [-0.2, -0.15) is 0 Å². The third-order valence-electron chi connectivity index (χ3n) is 5.27. The number of nitrogens with zero attached hydrogens (tertiary/aromatic N) is 4. The van der Waals surface area contributed by atoms with Gasteiger partial charge in [-0.05, 0) is 50.2 Å². The van der Waals surface area contributed by atoms with Crippen LogP contribution in [-0.2, 0) is 0 Å². The summed E-state index contributed by atoms with van der Waals surface area (Å²) in [7, 11) is 0. The molecule has 6 nitrogen and oxygen atoms in total. The molecule has 3 aromatic rings. The van der Waals surface area contributed by atoms with Gasteiger partial charge in [-0.25, -0.2) is 4.98 Å². The van der Waals surface area contributed by atoms with Crippen LogP contribution >= 0.6 is 0 Å². The molecule has 0 unspecified atom stereocenters. The van der Waals surface area contributed by atoms with Crippen LogP contribution in [0.2, 0.25) is 0 Å². The summed E-state index contributed by atoms with van der Waals surface area (Å²) in [5, 5.41) is 13.5. The quantitative estimate of drug-likeness (QED) is 0.302. The molecule has 6 heteroatoms. The highest BCUT2D eigenvalue weighted by Gasteiger charge is 2.24. The third-order valence-corrected chi connectivity index (χ3v) is 5.27. The van der Waals surface area contributed by atoms with Gasteiger partial charge in [0.2, 0.25) is 5.88 Å². The largest absolute Gasteiger partial charge is 0.438 e. The zero-order valence-electron chi connectivity index (χ0n) is 17.3. The second-order valence-electron chi connectivity index (χ2n) is 7.45. The second-order valence-corrected chi connectivity index (χ2v) is 7.45. The van der Waals surface area contributed by atoms with Gasteiger partial charge in [0, 0.05) is 37.6 Å². The zero-order chi connectivity index (χ0) is 20.9. The number of oxime groups is 1. The Hall–Kier alpha value is -3.54. The van der Waals surface area contributed by atoms with Gasteiger partial charge in [0.1, 0.15) is 5.75 Å². The van der Waals surface area contributed by atoms with Crippen LogP contribution < -0.4 is 9.64 Å². The van der Waals surface area contributed by atoms with E-state index in [1.807, 2.05) is 56.3 Å². The molecule has 1 N–H and O–H groups in total. The molecule has 4 rings (SSSR count). The van der Waals surface area contributed by atoms with Crippen molar-refractivity contribution >= 4 is 11.5 Å². The summed E-state index contributed by atoms with van der Waals surface area (Å²) in [4.78, 5) is 8.98. The van der Waals surface area contributed by atoms with Crippen LogP contribution in [0.1, 0.15) is 16.8 Å². The van der Waals surface area contributed by atoms with Crippen molar-refractivity contribution in [1.29, 1.82) is 0 Å². The molecule has 2 aromatic carbocycles. The second kappa shape index (κ2) is 8.86. The first-order valence-electron chi connectivity index (χ1n) is 10.1. The van der Waals surface area contributed by atoms with E-state index in [1.54, 1.807) is 0 Å². The fraction of sp³-hybridized carbons (Fsp3) is 0.250. The number of ether oxygens (including phenoxy) is 1. The van der Waals surface area contributed by atoms with E-state index in [0.717, 1.165) is 37.4 Å². The van der Waals surface area contributed by atoms with E-state index in [2.05, 4.69) is 44.2 Å². The summed E-state index contributed by atoms with van der Waals surface area (Å²) in [6.07, 6.45) is 0. The SMILES string of the molecule is Cc1ccc(Oc2nc(C)ccc2/C(=N/O)N2CCN(c3ccccc3)CC2)cc1. The van der Waals surface area contributed by atoms with E-state index in [4.69, 9.17) is 4.74 Å². The number of piperazine rings is 1. The molecule has 0 bridgehead atoms. The Balaban J connectivity index is 1.54. The first-order chi connectivity index (χ1) is 14.6. The number of aromatic nitrogens is 1. The first-order valence-corrected chi connectivity index (χ1v) is 10.1. The van der Waals surface area contributed by atoms with Crippen molar-refractivity contribution < 1.29 is 9.94 Å². The number of para-hydroxylation sites is 1. The number of rotatable bonds is 4. The average Bonchev–Trinajstić information content (AvgIpc) is 2.78. The highest BCUT2D eigenvalue weighted by atomic mass is 16.5. The molecule has 1 saturated heterocycles. The molecule has 2 heterocycles. The molecular weight excluding hydrogens is 376 g/mol. The first kappa shape index (κ1) is 19.8. The van der Waals surface area contributed by atoms with Gasteiger partial charge in [-0.1, -0.05) is 41.1 Å². The van der Waals surface area contributed by atoms with Crippen LogP contribution in [0.4, 0.5) is 5.69 Å². The lowest BCUT2D eigenvalue weighted by Crippen LogP contribution is -2.49. The molecule has 0 amide bonds. The lowest BCUT2D eigenvalue weighted by Gasteiger charge is -2.37. The van der Waals surface area contributed by atoms with Gasteiger partial charge < -0.3 is 19.7 Å². The number of amidine groups is 1. The Morgan fingerprint density at radius 3 is 2.27 bits per heavy atom. The van der Waals surface area contributed by atoms with Crippen LogP contribution in [0.25, 0.3) is 0 Å². The average molecular weight is 402 g/mol. The number of benzene rings is 2. The minimum atomic E-state index is 0.442. The van der Waals surface area contributed by atoms with E-state index < -0.39 is 0 Å². The van der Waals surface area contributed by atoms with Gasteiger partial charge in [-0.3, -0.25) is 0 Å². The molecule has 1 aromatic heterocycles. The fourth-order valence-electron chi connectivity index (χ4n) is 3.60. The van der Waals surface area contributed by atoms with Gasteiger partial charge in [0.25, 0.3) is 0 Å². The minimum Gasteiger partial charge on any atom is -0.438 e. The predicted octanol–water partition coefficient (Wildman–Crippen LogP) is 4.45. The van der Waals surface area contributed by atoms with Crippen LogP contribution in [0.15, 0.2) is 71.9 Å². The van der Waals surface area contributed by atoms with Gasteiger partial charge >= 0.3 is 0 Å². The van der Waals surface area contributed by atoms with Crippen LogP contribution in [0.5, 0.6) is 11.6 Å². The van der Waals surface area contributed by atoms with E-state index in [0.29, 0.717) is 23.0 Å². The molecule has 1 aliphatic heterocycles. The number of anilines is 1. The molecule has 0 atom stereocenters. The van der Waals surface area contributed by atoms with Crippen molar-refractivity contribution in [3.63, 3.8) is 0 Å². The predicted molar refractivity (Wildman–Crippen MR) is 119 cm³/mol. The summed E-state index contributed by atoms with van der Waals surface area (Å²) in [6.45, 7) is 7.12. The Kier molecular flexibility index (Phi) is 5.84. The van der Waals surface area contributed by atoms with Crippen molar-refractivity contribution in [1.82, 2.24) is 9.88 Å². The number of pyridine rings is 1. The topological polar surface area (TPSA) is 61.2 Å². The Bertz CT molecular complexity index is 1010. The summed E-state index contributed by atoms with van der Waals surface area (Å²) in [5.74, 6) is 1.63. The molecule has 1 aliphatic rings. The van der Waals surface area contributed by atoms with E-state index in [9.17, 15) is 5.21 Å². The van der Waals surface area contributed by atoms with Crippen molar-refractivity contribution in [3.8, 4) is 11.6 Å². The van der Waals surface area contributed by atoms with Crippen LogP contribution in [-0.4, -0.2) is 47.1 Å². The minimum absolute atomic E-state index is 0.442. The van der Waals surface area contributed by atoms with Gasteiger partial charge in [0.05, 0.1) is 5.56 Å². The third kappa shape index (κ3) is 4.38. The number of hydrogen-bond acceptors (Lipinski definition) is 5. The number of aryl methyl sites for hydroxylation is 2. The lowest BCUT2D eigenvalue weighted by atomic mass is 10.1. The molecule has 154 valence electrons. The smallest absolute Gasteiger partial charge is 0.230 e. The molecule has 0 radical (unpaired) electrons. The standard InChI is InChI=1S/C24H26N4O2/c1-18-8-11-21(12-9-18)30-24-22(13-10-19(2)25-24)23(26-29)28-16-14-27(15-17-28)20-6-4-3-5-7-20/h3-13,29H,14-17H2,1-2H3/b26-23-. The Morgan fingerprint density at radius 2 is 1.60 bits per heavy atom. The Labute approximate surface area is 177 Å². The van der Waals surface area contributed by atoms with E-state index in [1.165, 1.54) is 5.69 Å². The molecule has 30 heavy (non-hydrogen) atoms. The zero-order valence-corrected chi connectivity index (χ0v) is 17.3. The van der Waals surface area contributed by atoms with Crippen molar-refractivity contribution in [2.75, 3.05) is 31.1 Å². The monoisotopic (exact) mass is 402 g/mol. The van der Waals surface area contributed by atoms with Gasteiger partial charge in [0.15, 0.2) is 5.84 Å². The maximum Gasteiger partial charge on any atom is 0.230 e. The normalized spacial score (nSPS) is 14.7. The summed E-state index contributed by atoms with van der Waals surface area (Å²) in [6, 6.07) is 22.0. The van der Waals surface area contributed by atoms with Crippen molar-refractivity contribution in [2.45, 2.75) is 13.8 Å². The summed E-state index contributed by atoms with van der Waals surface area (Å²) in [5.41, 5.74) is 3.89. The van der Waals surface area contributed by atoms with Crippen LogP contribution in [0.3, 0.4) is 0 Å². The van der Waals surface area contributed by atoms with Crippen LogP contribution in [0, 0.1) is 13.8 Å². The fourth-order valence-corrected chi connectivity index (χ4v) is 3.60. The maximum atomic E-state index is 9.86. The molecule has 1 fully saturated rings. The van der Waals surface area contributed by atoms with Crippen molar-refractivity contribution in [3.05, 3.63) is 83.6 Å². The summed E-state index contributed by atoms with van der Waals surface area (Å²) >= 11 is 0. The van der Waals surface area contributed by atoms with Crippen molar-refractivity contribution in [2.24, 2.45) is 5.16 Å².